The lowest BCUT2D eigenvalue weighted by atomic mass is 9.90. The van der Waals surface area contributed by atoms with Crippen molar-refractivity contribution in [2.75, 3.05) is 6.54 Å². The van der Waals surface area contributed by atoms with Crippen molar-refractivity contribution in [3.05, 3.63) is 30.0 Å². The van der Waals surface area contributed by atoms with E-state index in [1.54, 1.807) is 0 Å². The summed E-state index contributed by atoms with van der Waals surface area (Å²) in [6.07, 6.45) is 1.14. The number of hydrogen-bond donors (Lipinski definition) is 2. The topological polar surface area (TPSA) is 54.7 Å². The molecule has 0 radical (unpaired) electrons. The quantitative estimate of drug-likeness (QED) is 0.806. The van der Waals surface area contributed by atoms with Crippen molar-refractivity contribution >= 4 is 10.9 Å². The zero-order valence-corrected chi connectivity index (χ0v) is 9.75. The van der Waals surface area contributed by atoms with Gasteiger partial charge in [0.25, 0.3) is 0 Å². The van der Waals surface area contributed by atoms with Gasteiger partial charge in [0.2, 0.25) is 0 Å². The van der Waals surface area contributed by atoms with E-state index >= 15 is 0 Å². The Bertz CT molecular complexity index is 541. The number of nitrogens with two attached hydrogens (primary N) is 1. The van der Waals surface area contributed by atoms with Gasteiger partial charge in [-0.25, -0.2) is 0 Å². The lowest BCUT2D eigenvalue weighted by molar-refractivity contribution is 0.494. The summed E-state index contributed by atoms with van der Waals surface area (Å²) in [5.41, 5.74) is 8.62. The van der Waals surface area contributed by atoms with Crippen molar-refractivity contribution in [1.29, 1.82) is 0 Å². The Morgan fingerprint density at radius 2 is 2.06 bits per heavy atom. The Hall–Kier alpha value is -1.35. The second kappa shape index (κ2) is 2.86. The van der Waals surface area contributed by atoms with Gasteiger partial charge in [0, 0.05) is 17.3 Å². The molecule has 0 amide bonds. The lowest BCUT2D eigenvalue weighted by Crippen LogP contribution is -2.26. The van der Waals surface area contributed by atoms with Crippen LogP contribution in [0.2, 0.25) is 0 Å². The first-order chi connectivity index (χ1) is 7.61. The van der Waals surface area contributed by atoms with Gasteiger partial charge in [0.05, 0.1) is 11.2 Å². The molecule has 1 heterocycles. The molecule has 3 rings (SSSR count). The number of nitrogens with one attached hydrogen (secondary N) is 1. The molecule has 0 aliphatic heterocycles. The summed E-state index contributed by atoms with van der Waals surface area (Å²) in [6.45, 7) is 5.23. The van der Waals surface area contributed by atoms with Gasteiger partial charge >= 0.3 is 0 Å². The van der Waals surface area contributed by atoms with E-state index < -0.39 is 0 Å². The summed E-state index contributed by atoms with van der Waals surface area (Å²) in [6, 6.07) is 8.23. The summed E-state index contributed by atoms with van der Waals surface area (Å²) in [5.74, 6) is 0. The molecule has 0 bridgehead atoms. The van der Waals surface area contributed by atoms with Gasteiger partial charge in [-0.15, -0.1) is 0 Å². The highest BCUT2D eigenvalue weighted by Gasteiger charge is 2.62. The van der Waals surface area contributed by atoms with E-state index in [0.29, 0.717) is 6.54 Å². The molecule has 3 heteroatoms. The molecule has 1 aromatic carbocycles. The number of hydrogen-bond acceptors (Lipinski definition) is 2. The maximum atomic E-state index is 5.98. The zero-order chi connectivity index (χ0) is 11.4. The van der Waals surface area contributed by atoms with Crippen LogP contribution in [0.3, 0.4) is 0 Å². The Kier molecular flexibility index (Phi) is 1.76. The SMILES string of the molecule is CC1(C)CC1(CN)c1[nH]nc2ccccc12. The van der Waals surface area contributed by atoms with Gasteiger partial charge in [-0.1, -0.05) is 32.0 Å². The number of benzene rings is 1. The van der Waals surface area contributed by atoms with E-state index in [4.69, 9.17) is 5.73 Å². The van der Waals surface area contributed by atoms with Gasteiger partial charge < -0.3 is 5.73 Å². The first-order valence-corrected chi connectivity index (χ1v) is 5.74. The minimum atomic E-state index is 0.100. The number of nitrogens with zero attached hydrogens (tertiary/aromatic N) is 1. The molecule has 2 aromatic rings. The van der Waals surface area contributed by atoms with E-state index in [1.807, 2.05) is 12.1 Å². The van der Waals surface area contributed by atoms with Crippen LogP contribution >= 0.6 is 0 Å². The number of fused-ring (bicyclic) bond motifs is 1. The van der Waals surface area contributed by atoms with E-state index in [-0.39, 0.29) is 10.8 Å². The van der Waals surface area contributed by atoms with Crippen LogP contribution in [0.4, 0.5) is 0 Å². The van der Waals surface area contributed by atoms with Gasteiger partial charge in [-0.05, 0) is 17.9 Å². The van der Waals surface area contributed by atoms with Crippen molar-refractivity contribution in [2.24, 2.45) is 11.1 Å². The fraction of sp³-hybridized carbons (Fsp3) is 0.462. The van der Waals surface area contributed by atoms with Crippen LogP contribution in [0.5, 0.6) is 0 Å². The molecule has 16 heavy (non-hydrogen) atoms. The van der Waals surface area contributed by atoms with E-state index in [0.717, 1.165) is 11.9 Å². The minimum Gasteiger partial charge on any atom is -0.330 e. The first-order valence-electron chi connectivity index (χ1n) is 5.74. The standard InChI is InChI=1S/C13H17N3/c1-12(2)7-13(12,8-14)11-9-5-3-4-6-10(9)15-16-11/h3-6H,7-8,14H2,1-2H3,(H,15,16). The van der Waals surface area contributed by atoms with E-state index in [9.17, 15) is 0 Å². The summed E-state index contributed by atoms with van der Waals surface area (Å²) < 4.78 is 0. The average Bonchev–Trinajstić information content (AvgIpc) is 2.67. The van der Waals surface area contributed by atoms with Crippen molar-refractivity contribution in [3.63, 3.8) is 0 Å². The molecule has 3 nitrogen and oxygen atoms in total. The zero-order valence-electron chi connectivity index (χ0n) is 9.75. The van der Waals surface area contributed by atoms with Gasteiger partial charge in [-0.2, -0.15) is 5.10 Å². The van der Waals surface area contributed by atoms with Gasteiger partial charge in [0.15, 0.2) is 0 Å². The smallest absolute Gasteiger partial charge is 0.0923 e. The molecule has 1 aliphatic carbocycles. The fourth-order valence-electron chi connectivity index (χ4n) is 2.91. The Morgan fingerprint density at radius 3 is 2.69 bits per heavy atom. The largest absolute Gasteiger partial charge is 0.330 e. The predicted octanol–water partition coefficient (Wildman–Crippen LogP) is 2.19. The van der Waals surface area contributed by atoms with Crippen LogP contribution in [0.1, 0.15) is 26.0 Å². The molecular formula is C13H17N3. The number of rotatable bonds is 2. The summed E-state index contributed by atoms with van der Waals surface area (Å²) in [4.78, 5) is 0. The Labute approximate surface area is 95.0 Å². The van der Waals surface area contributed by atoms with Gasteiger partial charge in [-0.3, -0.25) is 5.10 Å². The van der Waals surface area contributed by atoms with Gasteiger partial charge in [0.1, 0.15) is 0 Å². The van der Waals surface area contributed by atoms with Crippen LogP contribution in [0.25, 0.3) is 10.9 Å². The van der Waals surface area contributed by atoms with E-state index in [1.165, 1.54) is 11.1 Å². The van der Waals surface area contributed by atoms with Crippen molar-refractivity contribution in [1.82, 2.24) is 10.2 Å². The molecule has 1 unspecified atom stereocenters. The summed E-state index contributed by atoms with van der Waals surface area (Å²) in [5, 5.41) is 8.77. The van der Waals surface area contributed by atoms with Crippen LogP contribution in [-0.4, -0.2) is 16.7 Å². The van der Waals surface area contributed by atoms with Crippen molar-refractivity contribution in [2.45, 2.75) is 25.7 Å². The second-order valence-corrected chi connectivity index (χ2v) is 5.46. The van der Waals surface area contributed by atoms with E-state index in [2.05, 4.69) is 36.2 Å². The Balaban J connectivity index is 2.20. The maximum Gasteiger partial charge on any atom is 0.0923 e. The third-order valence-corrected chi connectivity index (χ3v) is 4.20. The lowest BCUT2D eigenvalue weighted by Gasteiger charge is -2.17. The van der Waals surface area contributed by atoms with Crippen LogP contribution in [-0.2, 0) is 5.41 Å². The molecule has 84 valence electrons. The minimum absolute atomic E-state index is 0.100. The monoisotopic (exact) mass is 215 g/mol. The molecule has 0 saturated heterocycles. The molecule has 1 atom stereocenters. The number of para-hydroxylation sites is 1. The normalized spacial score (nSPS) is 27.2. The highest BCUT2D eigenvalue weighted by atomic mass is 15.1. The molecule has 0 spiro atoms. The van der Waals surface area contributed by atoms with Crippen molar-refractivity contribution in [3.8, 4) is 0 Å². The molecule has 1 aromatic heterocycles. The number of aromatic amines is 1. The summed E-state index contributed by atoms with van der Waals surface area (Å²) in [7, 11) is 0. The third-order valence-electron chi connectivity index (χ3n) is 4.20. The van der Waals surface area contributed by atoms with Crippen LogP contribution in [0, 0.1) is 5.41 Å². The van der Waals surface area contributed by atoms with Crippen LogP contribution < -0.4 is 5.73 Å². The highest BCUT2D eigenvalue weighted by molar-refractivity contribution is 5.83. The van der Waals surface area contributed by atoms with Crippen LogP contribution in [0.15, 0.2) is 24.3 Å². The fourth-order valence-corrected chi connectivity index (χ4v) is 2.91. The molecule has 1 aliphatic rings. The first kappa shape index (κ1) is 9.85. The number of aromatic nitrogens is 2. The second-order valence-electron chi connectivity index (χ2n) is 5.46. The predicted molar refractivity (Wildman–Crippen MR) is 65.2 cm³/mol. The molecular weight excluding hydrogens is 198 g/mol. The molecule has 1 fully saturated rings. The Morgan fingerprint density at radius 1 is 1.38 bits per heavy atom. The highest BCUT2D eigenvalue weighted by Crippen LogP contribution is 2.64. The molecule has 3 N–H and O–H groups in total. The maximum absolute atomic E-state index is 5.98. The van der Waals surface area contributed by atoms with Crippen molar-refractivity contribution < 1.29 is 0 Å². The number of H-pyrrole nitrogens is 1. The third kappa shape index (κ3) is 1.04. The average molecular weight is 215 g/mol. The summed E-state index contributed by atoms with van der Waals surface area (Å²) >= 11 is 0. The molecule has 1 saturated carbocycles.